The molecule has 0 spiro atoms. The number of nitrogens with zero attached hydrogens (tertiary/aromatic N) is 1. The number of likely N-dealkylation sites (tertiary alicyclic amines) is 1. The lowest BCUT2D eigenvalue weighted by Gasteiger charge is -2.49. The second-order valence-electron chi connectivity index (χ2n) is 10.0. The summed E-state index contributed by atoms with van der Waals surface area (Å²) in [5.41, 5.74) is 0.756. The normalized spacial score (nSPS) is 27.5. The van der Waals surface area contributed by atoms with Crippen LogP contribution in [0.4, 0.5) is 0 Å². The molecule has 1 heterocycles. The van der Waals surface area contributed by atoms with Crippen molar-refractivity contribution in [3.05, 3.63) is 59.7 Å². The van der Waals surface area contributed by atoms with Crippen molar-refractivity contribution in [1.82, 2.24) is 4.90 Å². The van der Waals surface area contributed by atoms with E-state index in [4.69, 9.17) is 9.47 Å². The lowest BCUT2D eigenvalue weighted by molar-refractivity contribution is -0.132. The summed E-state index contributed by atoms with van der Waals surface area (Å²) in [4.78, 5) is 15.6. The van der Waals surface area contributed by atoms with E-state index in [1.54, 1.807) is 14.2 Å². The molecule has 1 aliphatic carbocycles. The molecule has 4 rings (SSSR count). The molecule has 1 saturated carbocycles. The van der Waals surface area contributed by atoms with Crippen molar-refractivity contribution in [2.75, 3.05) is 27.3 Å². The van der Waals surface area contributed by atoms with Crippen LogP contribution in [0.15, 0.2) is 48.5 Å². The fraction of sp³-hybridized carbons (Fsp3) is 0.519. The number of aliphatic hydroxyl groups is 1. The molecule has 32 heavy (non-hydrogen) atoms. The maximum Gasteiger partial charge on any atom is 0.229 e. The van der Waals surface area contributed by atoms with Crippen LogP contribution in [0.3, 0.4) is 0 Å². The highest BCUT2D eigenvalue weighted by Crippen LogP contribution is 2.56. The second kappa shape index (κ2) is 8.43. The van der Waals surface area contributed by atoms with E-state index < -0.39 is 5.60 Å². The zero-order chi connectivity index (χ0) is 23.1. The topological polar surface area (TPSA) is 59.0 Å². The largest absolute Gasteiger partial charge is 0.496 e. The average Bonchev–Trinajstić information content (AvgIpc) is 3.29. The highest BCUT2D eigenvalue weighted by atomic mass is 16.5. The lowest BCUT2D eigenvalue weighted by atomic mass is 9.57. The fourth-order valence-electron chi connectivity index (χ4n) is 5.91. The van der Waals surface area contributed by atoms with Crippen molar-refractivity contribution in [1.29, 1.82) is 0 Å². The molecule has 0 radical (unpaired) electrons. The third kappa shape index (κ3) is 3.66. The van der Waals surface area contributed by atoms with Crippen LogP contribution in [0.25, 0.3) is 0 Å². The summed E-state index contributed by atoms with van der Waals surface area (Å²) in [6, 6.07) is 15.5. The Kier molecular flexibility index (Phi) is 5.97. The van der Waals surface area contributed by atoms with Crippen LogP contribution < -0.4 is 9.47 Å². The molecule has 1 N–H and O–H groups in total. The molecule has 4 atom stereocenters. The Morgan fingerprint density at radius 2 is 1.56 bits per heavy atom. The van der Waals surface area contributed by atoms with Gasteiger partial charge in [-0.15, -0.1) is 0 Å². The summed E-state index contributed by atoms with van der Waals surface area (Å²) in [6.45, 7) is 7.68. The van der Waals surface area contributed by atoms with Gasteiger partial charge in [-0.25, -0.2) is 0 Å². The van der Waals surface area contributed by atoms with Gasteiger partial charge >= 0.3 is 0 Å². The summed E-state index contributed by atoms with van der Waals surface area (Å²) < 4.78 is 11.1. The van der Waals surface area contributed by atoms with Crippen LogP contribution in [0, 0.1) is 17.3 Å². The van der Waals surface area contributed by atoms with E-state index in [1.807, 2.05) is 60.4 Å². The van der Waals surface area contributed by atoms with E-state index in [1.165, 1.54) is 0 Å². The second-order valence-corrected chi connectivity index (χ2v) is 10.0. The molecule has 5 heteroatoms. The first-order chi connectivity index (χ1) is 15.2. The summed E-state index contributed by atoms with van der Waals surface area (Å²) in [7, 11) is 3.28. The molecule has 0 aromatic heterocycles. The van der Waals surface area contributed by atoms with Gasteiger partial charge in [0.25, 0.3) is 0 Å². The van der Waals surface area contributed by atoms with Crippen LogP contribution in [0.5, 0.6) is 11.5 Å². The number of carbonyl (C=O) groups is 1. The standard InChI is InChI=1S/C27H35NO4/c1-18(19-10-6-8-12-23(19)31-4)25(29)28-16-21-22(17-28)27(30,15-14-26(21,2)3)20-11-7-9-13-24(20)32-5/h6-13,18,21-22,30H,14-17H2,1-5H3/t18-,21-,22+,27+/m0/s1. The Bertz CT molecular complexity index is 987. The van der Waals surface area contributed by atoms with Gasteiger partial charge in [-0.3, -0.25) is 4.79 Å². The Labute approximate surface area is 191 Å². The highest BCUT2D eigenvalue weighted by Gasteiger charge is 2.57. The first-order valence-electron chi connectivity index (χ1n) is 11.5. The van der Waals surface area contributed by atoms with E-state index in [-0.39, 0.29) is 29.1 Å². The Morgan fingerprint density at radius 1 is 0.969 bits per heavy atom. The van der Waals surface area contributed by atoms with E-state index in [0.717, 1.165) is 23.3 Å². The quantitative estimate of drug-likeness (QED) is 0.743. The maximum atomic E-state index is 13.6. The molecule has 0 bridgehead atoms. The van der Waals surface area contributed by atoms with Gasteiger partial charge in [-0.1, -0.05) is 50.2 Å². The van der Waals surface area contributed by atoms with Crippen molar-refractivity contribution in [2.24, 2.45) is 17.3 Å². The smallest absolute Gasteiger partial charge is 0.229 e. The molecule has 172 valence electrons. The SMILES string of the molecule is COc1ccccc1[C@H](C)C(=O)N1C[C@@H]2[C@H](C1)C(C)(C)CC[C@@]2(O)c1ccccc1OC. The first kappa shape index (κ1) is 22.7. The third-order valence-corrected chi connectivity index (χ3v) is 7.95. The summed E-state index contributed by atoms with van der Waals surface area (Å²) in [5.74, 6) is 1.38. The Hall–Kier alpha value is -2.53. The zero-order valence-electron chi connectivity index (χ0n) is 19.8. The Morgan fingerprint density at radius 3 is 2.25 bits per heavy atom. The third-order valence-electron chi connectivity index (χ3n) is 7.95. The summed E-state index contributed by atoms with van der Waals surface area (Å²) in [5, 5.41) is 12.1. The molecule has 2 fully saturated rings. The van der Waals surface area contributed by atoms with Crippen LogP contribution in [0.2, 0.25) is 0 Å². The van der Waals surface area contributed by atoms with Gasteiger partial charge < -0.3 is 19.5 Å². The minimum absolute atomic E-state index is 0.0433. The molecule has 2 aromatic carbocycles. The van der Waals surface area contributed by atoms with Gasteiger partial charge in [-0.05, 0) is 43.2 Å². The van der Waals surface area contributed by atoms with Gasteiger partial charge in [-0.2, -0.15) is 0 Å². The van der Waals surface area contributed by atoms with E-state index >= 15 is 0 Å². The molecule has 5 nitrogen and oxygen atoms in total. The summed E-state index contributed by atoms with van der Waals surface area (Å²) in [6.07, 6.45) is 1.55. The van der Waals surface area contributed by atoms with Crippen molar-refractivity contribution in [3.63, 3.8) is 0 Å². The number of amides is 1. The number of para-hydroxylation sites is 2. The zero-order valence-corrected chi connectivity index (χ0v) is 19.8. The molecule has 1 aliphatic heterocycles. The first-order valence-corrected chi connectivity index (χ1v) is 11.5. The van der Waals surface area contributed by atoms with Gasteiger partial charge in [0.1, 0.15) is 11.5 Å². The van der Waals surface area contributed by atoms with E-state index in [9.17, 15) is 9.90 Å². The number of methoxy groups -OCH3 is 2. The number of rotatable bonds is 5. The lowest BCUT2D eigenvalue weighted by Crippen LogP contribution is -2.49. The molecule has 2 aromatic rings. The van der Waals surface area contributed by atoms with Crippen molar-refractivity contribution in [2.45, 2.75) is 45.1 Å². The molecular formula is C27H35NO4. The van der Waals surface area contributed by atoms with Gasteiger partial charge in [0, 0.05) is 30.1 Å². The number of hydrogen-bond donors (Lipinski definition) is 1. The molecular weight excluding hydrogens is 402 g/mol. The molecule has 2 aliphatic rings. The van der Waals surface area contributed by atoms with Gasteiger partial charge in [0.05, 0.1) is 25.7 Å². The maximum absolute atomic E-state index is 13.6. The van der Waals surface area contributed by atoms with Crippen LogP contribution in [-0.4, -0.2) is 43.2 Å². The van der Waals surface area contributed by atoms with Crippen LogP contribution >= 0.6 is 0 Å². The monoisotopic (exact) mass is 437 g/mol. The number of ether oxygens (including phenoxy) is 2. The number of benzene rings is 2. The minimum Gasteiger partial charge on any atom is -0.496 e. The minimum atomic E-state index is -1.02. The van der Waals surface area contributed by atoms with Crippen molar-refractivity contribution < 1.29 is 19.4 Å². The average molecular weight is 438 g/mol. The number of hydrogen-bond acceptors (Lipinski definition) is 4. The van der Waals surface area contributed by atoms with E-state index in [0.29, 0.717) is 25.3 Å². The molecule has 1 saturated heterocycles. The predicted octanol–water partition coefficient (Wildman–Crippen LogP) is 4.59. The molecule has 0 unspecified atom stereocenters. The highest BCUT2D eigenvalue weighted by molar-refractivity contribution is 5.84. The van der Waals surface area contributed by atoms with Gasteiger partial charge in [0.2, 0.25) is 5.91 Å². The number of fused-ring (bicyclic) bond motifs is 1. The fourth-order valence-corrected chi connectivity index (χ4v) is 5.91. The summed E-state index contributed by atoms with van der Waals surface area (Å²) >= 11 is 0. The van der Waals surface area contributed by atoms with Crippen molar-refractivity contribution in [3.8, 4) is 11.5 Å². The molecule has 1 amide bonds. The number of carbonyl (C=O) groups excluding carboxylic acids is 1. The van der Waals surface area contributed by atoms with Crippen LogP contribution in [0.1, 0.15) is 50.7 Å². The van der Waals surface area contributed by atoms with Crippen molar-refractivity contribution >= 4 is 5.91 Å². The predicted molar refractivity (Wildman–Crippen MR) is 125 cm³/mol. The Balaban J connectivity index is 1.66. The van der Waals surface area contributed by atoms with Gasteiger partial charge in [0.15, 0.2) is 0 Å². The van der Waals surface area contributed by atoms with E-state index in [2.05, 4.69) is 13.8 Å². The van der Waals surface area contributed by atoms with Crippen LogP contribution in [-0.2, 0) is 10.4 Å².